The van der Waals surface area contributed by atoms with Gasteiger partial charge < -0.3 is 4.57 Å². The first-order valence-electron chi connectivity index (χ1n) is 11.3. The number of carbonyl (C=O) groups is 1. The van der Waals surface area contributed by atoms with Crippen molar-refractivity contribution < 1.29 is 13.6 Å². The van der Waals surface area contributed by atoms with Crippen LogP contribution in [0.25, 0.3) is 28.3 Å². The summed E-state index contributed by atoms with van der Waals surface area (Å²) < 4.78 is 30.5. The number of nitrogens with zero attached hydrogens (tertiary/aromatic N) is 7. The first kappa shape index (κ1) is 22.4. The van der Waals surface area contributed by atoms with Crippen LogP contribution in [-0.2, 0) is 13.0 Å². The number of nitrogens with one attached hydrogen (secondary N) is 1. The van der Waals surface area contributed by atoms with Gasteiger partial charge in [-0.05, 0) is 42.5 Å². The molecule has 0 fully saturated rings. The molecule has 9 nitrogen and oxygen atoms in total. The highest BCUT2D eigenvalue weighted by Gasteiger charge is 2.19. The Kier molecular flexibility index (Phi) is 5.56. The SMILES string of the molecule is O=C(Cc1cn2nc(-c3c(-c4ccc(F)cc4)ncn3Cc3cn[nH]c3)ccc2n1)c1ccnc(F)c1. The Labute approximate surface area is 208 Å². The van der Waals surface area contributed by atoms with Gasteiger partial charge >= 0.3 is 0 Å². The number of aromatic nitrogens is 8. The maximum absolute atomic E-state index is 13.6. The van der Waals surface area contributed by atoms with E-state index < -0.39 is 5.95 Å². The van der Waals surface area contributed by atoms with Crippen LogP contribution in [-0.4, -0.2) is 45.1 Å². The predicted molar refractivity (Wildman–Crippen MR) is 130 cm³/mol. The summed E-state index contributed by atoms with van der Waals surface area (Å²) in [5.74, 6) is -1.32. The first-order valence-corrected chi connectivity index (χ1v) is 11.3. The van der Waals surface area contributed by atoms with E-state index in [4.69, 9.17) is 5.10 Å². The zero-order valence-electron chi connectivity index (χ0n) is 19.2. The highest BCUT2D eigenvalue weighted by atomic mass is 19.1. The van der Waals surface area contributed by atoms with Crippen LogP contribution in [0.15, 0.2) is 79.6 Å². The summed E-state index contributed by atoms with van der Waals surface area (Å²) in [6.07, 6.45) is 8.14. The molecule has 182 valence electrons. The molecule has 0 bridgehead atoms. The number of Topliss-reactive ketones (excluding diaryl/α,β-unsaturated/α-hetero) is 1. The lowest BCUT2D eigenvalue weighted by molar-refractivity contribution is 0.0991. The normalized spacial score (nSPS) is 11.3. The molecular formula is C26H18F2N8O. The first-order chi connectivity index (χ1) is 18.0. The third-order valence-electron chi connectivity index (χ3n) is 5.87. The minimum Gasteiger partial charge on any atom is -0.324 e. The second kappa shape index (κ2) is 9.19. The summed E-state index contributed by atoms with van der Waals surface area (Å²) in [7, 11) is 0. The molecule has 0 unspecified atom stereocenters. The summed E-state index contributed by atoms with van der Waals surface area (Å²) in [5, 5.41) is 11.6. The lowest BCUT2D eigenvalue weighted by atomic mass is 10.1. The van der Waals surface area contributed by atoms with Crippen LogP contribution in [0, 0.1) is 11.8 Å². The van der Waals surface area contributed by atoms with Gasteiger partial charge in [-0.2, -0.15) is 14.6 Å². The van der Waals surface area contributed by atoms with Crippen LogP contribution in [0.5, 0.6) is 0 Å². The second-order valence-electron chi connectivity index (χ2n) is 8.40. The number of aromatic amines is 1. The molecule has 6 rings (SSSR count). The van der Waals surface area contributed by atoms with Crippen LogP contribution < -0.4 is 0 Å². The fourth-order valence-electron chi connectivity index (χ4n) is 4.14. The molecule has 37 heavy (non-hydrogen) atoms. The number of fused-ring (bicyclic) bond motifs is 1. The number of pyridine rings is 1. The lowest BCUT2D eigenvalue weighted by Gasteiger charge is -2.09. The number of ketones is 1. The monoisotopic (exact) mass is 496 g/mol. The molecule has 0 aliphatic heterocycles. The fraction of sp³-hybridized carbons (Fsp3) is 0.0769. The number of halogens is 2. The number of hydrogen-bond donors (Lipinski definition) is 1. The van der Waals surface area contributed by atoms with Gasteiger partial charge in [-0.15, -0.1) is 0 Å². The standard InChI is InChI=1S/C26H18F2N8O/c27-19-3-1-17(2-4-19)25-26(35(15-30-25)13-16-11-31-32-12-16)21-5-6-24-33-20(14-36(24)34-21)10-22(37)18-7-8-29-23(28)9-18/h1-9,11-12,14-15H,10,13H2,(H,31,32). The Bertz CT molecular complexity index is 1720. The van der Waals surface area contributed by atoms with Crippen molar-refractivity contribution in [1.29, 1.82) is 0 Å². The third kappa shape index (κ3) is 4.49. The zero-order valence-corrected chi connectivity index (χ0v) is 19.2. The lowest BCUT2D eigenvalue weighted by Crippen LogP contribution is -2.04. The molecule has 0 aliphatic carbocycles. The van der Waals surface area contributed by atoms with E-state index in [9.17, 15) is 13.6 Å². The smallest absolute Gasteiger partial charge is 0.213 e. The van der Waals surface area contributed by atoms with Crippen LogP contribution in [0.4, 0.5) is 8.78 Å². The molecule has 0 saturated heterocycles. The molecule has 0 atom stereocenters. The molecule has 0 saturated carbocycles. The van der Waals surface area contributed by atoms with Crippen molar-refractivity contribution in [3.8, 4) is 22.6 Å². The largest absolute Gasteiger partial charge is 0.324 e. The van der Waals surface area contributed by atoms with Gasteiger partial charge in [-0.25, -0.2) is 23.9 Å². The summed E-state index contributed by atoms with van der Waals surface area (Å²) in [5.41, 5.74) is 4.95. The van der Waals surface area contributed by atoms with Crippen LogP contribution in [0.3, 0.4) is 0 Å². The van der Waals surface area contributed by atoms with Gasteiger partial charge in [0.15, 0.2) is 11.4 Å². The Morgan fingerprint density at radius 3 is 2.68 bits per heavy atom. The van der Waals surface area contributed by atoms with E-state index in [-0.39, 0.29) is 23.6 Å². The zero-order chi connectivity index (χ0) is 25.4. The van der Waals surface area contributed by atoms with E-state index in [2.05, 4.69) is 25.1 Å². The van der Waals surface area contributed by atoms with E-state index in [1.165, 1.54) is 24.4 Å². The van der Waals surface area contributed by atoms with Crippen molar-refractivity contribution in [2.75, 3.05) is 0 Å². The predicted octanol–water partition coefficient (Wildman–Crippen LogP) is 4.13. The Morgan fingerprint density at radius 1 is 1.03 bits per heavy atom. The molecule has 0 spiro atoms. The van der Waals surface area contributed by atoms with E-state index in [0.29, 0.717) is 29.3 Å². The van der Waals surface area contributed by atoms with Gasteiger partial charge in [-0.3, -0.25) is 9.89 Å². The minimum absolute atomic E-state index is 0.0125. The molecule has 0 aliphatic rings. The van der Waals surface area contributed by atoms with Gasteiger partial charge in [0.2, 0.25) is 5.95 Å². The van der Waals surface area contributed by atoms with Gasteiger partial charge in [-0.1, -0.05) is 0 Å². The van der Waals surface area contributed by atoms with Gasteiger partial charge in [0.1, 0.15) is 11.5 Å². The van der Waals surface area contributed by atoms with E-state index in [1.807, 2.05) is 10.6 Å². The summed E-state index contributed by atoms with van der Waals surface area (Å²) in [6.45, 7) is 0.492. The molecule has 6 aromatic rings. The van der Waals surface area contributed by atoms with Crippen LogP contribution in [0.2, 0.25) is 0 Å². The Morgan fingerprint density at radius 2 is 1.89 bits per heavy atom. The summed E-state index contributed by atoms with van der Waals surface area (Å²) in [6, 6.07) is 12.3. The highest BCUT2D eigenvalue weighted by Crippen LogP contribution is 2.31. The summed E-state index contributed by atoms with van der Waals surface area (Å²) >= 11 is 0. The quantitative estimate of drug-likeness (QED) is 0.263. The number of benzene rings is 1. The Balaban J connectivity index is 1.38. The average molecular weight is 496 g/mol. The van der Waals surface area contributed by atoms with Crippen LogP contribution >= 0.6 is 0 Å². The molecule has 1 aromatic carbocycles. The second-order valence-corrected chi connectivity index (χ2v) is 8.40. The van der Waals surface area contributed by atoms with Crippen molar-refractivity contribution in [3.05, 3.63) is 108 Å². The van der Waals surface area contributed by atoms with Gasteiger partial charge in [0.25, 0.3) is 0 Å². The molecular weight excluding hydrogens is 478 g/mol. The van der Waals surface area contributed by atoms with Crippen molar-refractivity contribution >= 4 is 11.4 Å². The number of imidazole rings is 2. The van der Waals surface area contributed by atoms with Crippen molar-refractivity contribution in [3.63, 3.8) is 0 Å². The van der Waals surface area contributed by atoms with E-state index >= 15 is 0 Å². The number of rotatable bonds is 7. The maximum Gasteiger partial charge on any atom is 0.213 e. The number of H-pyrrole nitrogens is 1. The third-order valence-corrected chi connectivity index (χ3v) is 5.87. The van der Waals surface area contributed by atoms with Crippen molar-refractivity contribution in [2.24, 2.45) is 0 Å². The van der Waals surface area contributed by atoms with E-state index in [0.717, 1.165) is 22.9 Å². The van der Waals surface area contributed by atoms with Gasteiger partial charge in [0.05, 0.1) is 48.8 Å². The highest BCUT2D eigenvalue weighted by molar-refractivity contribution is 5.97. The van der Waals surface area contributed by atoms with Gasteiger partial charge in [0, 0.05) is 35.2 Å². The fourth-order valence-corrected chi connectivity index (χ4v) is 4.14. The van der Waals surface area contributed by atoms with Crippen molar-refractivity contribution in [2.45, 2.75) is 13.0 Å². The topological polar surface area (TPSA) is 107 Å². The van der Waals surface area contributed by atoms with Crippen molar-refractivity contribution in [1.82, 2.24) is 39.3 Å². The average Bonchev–Trinajstić information content (AvgIpc) is 3.64. The summed E-state index contributed by atoms with van der Waals surface area (Å²) in [4.78, 5) is 25.2. The molecule has 5 heterocycles. The van der Waals surface area contributed by atoms with E-state index in [1.54, 1.807) is 47.6 Å². The molecule has 1 N–H and O–H groups in total. The number of carbonyl (C=O) groups excluding carboxylic acids is 1. The van der Waals surface area contributed by atoms with Crippen LogP contribution in [0.1, 0.15) is 21.6 Å². The molecule has 0 radical (unpaired) electrons. The number of hydrogen-bond acceptors (Lipinski definition) is 6. The molecule has 0 amide bonds. The minimum atomic E-state index is -0.712. The molecule has 5 aromatic heterocycles. The Hall–Kier alpha value is -5.06. The molecule has 11 heteroatoms. The maximum atomic E-state index is 13.6.